The van der Waals surface area contributed by atoms with Gasteiger partial charge in [0, 0.05) is 0 Å². The van der Waals surface area contributed by atoms with E-state index in [-0.39, 0.29) is 13.0 Å². The van der Waals surface area contributed by atoms with Crippen LogP contribution in [0.2, 0.25) is 0 Å². The van der Waals surface area contributed by atoms with Gasteiger partial charge >= 0.3 is 18.0 Å². The number of methoxy groups -OCH3 is 1. The molecule has 0 spiro atoms. The molecule has 7 heteroatoms. The van der Waals surface area contributed by atoms with Gasteiger partial charge in [0.2, 0.25) is 0 Å². The molecule has 0 bridgehead atoms. The Kier molecular flexibility index (Phi) is 4.19. The van der Waals surface area contributed by atoms with Gasteiger partial charge in [-0.05, 0) is 17.7 Å². The highest BCUT2D eigenvalue weighted by atomic mass is 16.6. The van der Waals surface area contributed by atoms with Gasteiger partial charge in [-0.15, -0.1) is 0 Å². The number of alkyl carbamates (subject to hydrolysis) is 1. The SMILES string of the molecule is COc1ccc(COC(=O)N[C@H]2CC(=O)OC2=O)cc1. The van der Waals surface area contributed by atoms with Crippen LogP contribution in [0, 0.1) is 0 Å². The predicted molar refractivity (Wildman–Crippen MR) is 65.8 cm³/mol. The summed E-state index contributed by atoms with van der Waals surface area (Å²) in [6.07, 6.45) is -0.950. The molecule has 106 valence electrons. The Labute approximate surface area is 114 Å². The minimum absolute atomic E-state index is 0.0472. The van der Waals surface area contributed by atoms with E-state index in [2.05, 4.69) is 10.1 Å². The molecule has 1 N–H and O–H groups in total. The third-order valence-corrected chi connectivity index (χ3v) is 2.69. The second kappa shape index (κ2) is 6.05. The van der Waals surface area contributed by atoms with E-state index in [1.165, 1.54) is 0 Å². The number of rotatable bonds is 4. The number of cyclic esters (lactones) is 2. The Morgan fingerprint density at radius 2 is 2.05 bits per heavy atom. The summed E-state index contributed by atoms with van der Waals surface area (Å²) in [5.74, 6) is -0.725. The second-order valence-electron chi connectivity index (χ2n) is 4.12. The quantitative estimate of drug-likeness (QED) is 0.646. The van der Waals surface area contributed by atoms with Crippen LogP contribution in [0.4, 0.5) is 4.79 Å². The van der Waals surface area contributed by atoms with Crippen molar-refractivity contribution in [1.29, 1.82) is 0 Å². The predicted octanol–water partition coefficient (Wildman–Crippen LogP) is 0.763. The van der Waals surface area contributed by atoms with Crippen molar-refractivity contribution in [3.05, 3.63) is 29.8 Å². The van der Waals surface area contributed by atoms with Gasteiger partial charge in [-0.2, -0.15) is 0 Å². The Hall–Kier alpha value is -2.57. The smallest absolute Gasteiger partial charge is 0.408 e. The number of carbonyl (C=O) groups is 3. The van der Waals surface area contributed by atoms with Crippen LogP contribution in [-0.4, -0.2) is 31.2 Å². The molecule has 1 heterocycles. The van der Waals surface area contributed by atoms with E-state index < -0.39 is 24.1 Å². The minimum Gasteiger partial charge on any atom is -0.497 e. The van der Waals surface area contributed by atoms with Gasteiger partial charge in [-0.1, -0.05) is 12.1 Å². The van der Waals surface area contributed by atoms with E-state index in [0.717, 1.165) is 5.56 Å². The fourth-order valence-corrected chi connectivity index (χ4v) is 1.64. The third kappa shape index (κ3) is 3.47. The number of amides is 1. The largest absolute Gasteiger partial charge is 0.497 e. The molecule has 1 amide bonds. The molecule has 0 aliphatic carbocycles. The van der Waals surface area contributed by atoms with Gasteiger partial charge in [-0.25, -0.2) is 9.59 Å². The average Bonchev–Trinajstić information content (AvgIpc) is 2.75. The Balaban J connectivity index is 1.80. The number of ether oxygens (including phenoxy) is 3. The van der Waals surface area contributed by atoms with Gasteiger partial charge in [0.05, 0.1) is 13.5 Å². The maximum Gasteiger partial charge on any atom is 0.408 e. The van der Waals surface area contributed by atoms with Crippen molar-refractivity contribution in [2.24, 2.45) is 0 Å². The number of benzene rings is 1. The maximum atomic E-state index is 11.5. The van der Waals surface area contributed by atoms with Crippen LogP contribution in [0.5, 0.6) is 5.75 Å². The highest BCUT2D eigenvalue weighted by molar-refractivity contribution is 5.98. The van der Waals surface area contributed by atoms with Crippen molar-refractivity contribution in [1.82, 2.24) is 5.32 Å². The molecule has 1 saturated heterocycles. The molecule has 1 atom stereocenters. The third-order valence-electron chi connectivity index (χ3n) is 2.69. The zero-order valence-electron chi connectivity index (χ0n) is 10.8. The van der Waals surface area contributed by atoms with Crippen molar-refractivity contribution in [3.8, 4) is 5.75 Å². The van der Waals surface area contributed by atoms with Crippen molar-refractivity contribution < 1.29 is 28.6 Å². The molecule has 1 aromatic carbocycles. The van der Waals surface area contributed by atoms with E-state index >= 15 is 0 Å². The fourth-order valence-electron chi connectivity index (χ4n) is 1.64. The van der Waals surface area contributed by atoms with Crippen molar-refractivity contribution in [3.63, 3.8) is 0 Å². The van der Waals surface area contributed by atoms with Crippen molar-refractivity contribution in [2.75, 3.05) is 7.11 Å². The molecule has 1 aliphatic rings. The van der Waals surface area contributed by atoms with E-state index in [1.54, 1.807) is 31.4 Å². The first kappa shape index (κ1) is 13.9. The lowest BCUT2D eigenvalue weighted by molar-refractivity contribution is -0.152. The van der Waals surface area contributed by atoms with E-state index in [9.17, 15) is 14.4 Å². The highest BCUT2D eigenvalue weighted by Crippen LogP contribution is 2.12. The summed E-state index contributed by atoms with van der Waals surface area (Å²) in [6.45, 7) is 0.0472. The molecule has 1 aliphatic heterocycles. The molecule has 1 fully saturated rings. The van der Waals surface area contributed by atoms with Crippen LogP contribution in [0.25, 0.3) is 0 Å². The first-order valence-electron chi connectivity index (χ1n) is 5.89. The summed E-state index contributed by atoms with van der Waals surface area (Å²) < 4.78 is 14.2. The normalized spacial score (nSPS) is 17.6. The number of hydrogen-bond donors (Lipinski definition) is 1. The molecule has 0 saturated carbocycles. The van der Waals surface area contributed by atoms with Crippen LogP contribution in [0.3, 0.4) is 0 Å². The second-order valence-corrected chi connectivity index (χ2v) is 4.12. The lowest BCUT2D eigenvalue weighted by Gasteiger charge is -2.09. The van der Waals surface area contributed by atoms with Crippen molar-refractivity contribution >= 4 is 18.0 Å². The molecule has 0 aromatic heterocycles. The van der Waals surface area contributed by atoms with Crippen LogP contribution >= 0.6 is 0 Å². The number of nitrogens with one attached hydrogen (secondary N) is 1. The number of esters is 2. The van der Waals surface area contributed by atoms with Gasteiger partial charge in [0.1, 0.15) is 18.4 Å². The Morgan fingerprint density at radius 1 is 1.35 bits per heavy atom. The molecule has 20 heavy (non-hydrogen) atoms. The first-order valence-corrected chi connectivity index (χ1v) is 5.89. The van der Waals surface area contributed by atoms with Crippen molar-refractivity contribution in [2.45, 2.75) is 19.1 Å². The zero-order chi connectivity index (χ0) is 14.5. The molecule has 7 nitrogen and oxygen atoms in total. The molecule has 0 unspecified atom stereocenters. The molecular formula is C13H13NO6. The lowest BCUT2D eigenvalue weighted by atomic mass is 10.2. The van der Waals surface area contributed by atoms with Gasteiger partial charge in [0.25, 0.3) is 0 Å². The summed E-state index contributed by atoms with van der Waals surface area (Å²) in [5.41, 5.74) is 0.769. The summed E-state index contributed by atoms with van der Waals surface area (Å²) in [4.78, 5) is 33.4. The highest BCUT2D eigenvalue weighted by Gasteiger charge is 2.34. The molecule has 2 rings (SSSR count). The Morgan fingerprint density at radius 3 is 2.60 bits per heavy atom. The monoisotopic (exact) mass is 279 g/mol. The van der Waals surface area contributed by atoms with E-state index in [4.69, 9.17) is 9.47 Å². The summed E-state index contributed by atoms with van der Waals surface area (Å²) in [7, 11) is 1.56. The topological polar surface area (TPSA) is 90.9 Å². The van der Waals surface area contributed by atoms with Crippen LogP contribution in [-0.2, 0) is 25.7 Å². The first-order chi connectivity index (χ1) is 9.58. The standard InChI is InChI=1S/C13H13NO6/c1-18-9-4-2-8(3-5-9)7-19-13(17)14-10-6-11(15)20-12(10)16/h2-5,10H,6-7H2,1H3,(H,14,17)/t10-/m0/s1. The summed E-state index contributed by atoms with van der Waals surface area (Å²) in [6, 6.07) is 6.01. The van der Waals surface area contributed by atoms with Crippen LogP contribution in [0.15, 0.2) is 24.3 Å². The van der Waals surface area contributed by atoms with Crippen LogP contribution in [0.1, 0.15) is 12.0 Å². The van der Waals surface area contributed by atoms with Gasteiger partial charge < -0.3 is 19.5 Å². The molecule has 0 radical (unpaired) electrons. The van der Waals surface area contributed by atoms with E-state index in [0.29, 0.717) is 5.75 Å². The number of hydrogen-bond acceptors (Lipinski definition) is 6. The van der Waals surface area contributed by atoms with E-state index in [1.807, 2.05) is 0 Å². The maximum absolute atomic E-state index is 11.5. The average molecular weight is 279 g/mol. The summed E-state index contributed by atoms with van der Waals surface area (Å²) in [5, 5.41) is 2.27. The fraction of sp³-hybridized carbons (Fsp3) is 0.308. The van der Waals surface area contributed by atoms with Crippen LogP contribution < -0.4 is 10.1 Å². The van der Waals surface area contributed by atoms with Gasteiger partial charge in [0.15, 0.2) is 0 Å². The molecular weight excluding hydrogens is 266 g/mol. The zero-order valence-corrected chi connectivity index (χ0v) is 10.8. The minimum atomic E-state index is -0.967. The Bertz CT molecular complexity index is 524. The summed E-state index contributed by atoms with van der Waals surface area (Å²) >= 11 is 0. The lowest BCUT2D eigenvalue weighted by Crippen LogP contribution is -2.38. The number of carbonyl (C=O) groups excluding carboxylic acids is 3. The van der Waals surface area contributed by atoms with Gasteiger partial charge in [-0.3, -0.25) is 4.79 Å². The molecule has 1 aromatic rings.